The van der Waals surface area contributed by atoms with Crippen LogP contribution in [0.2, 0.25) is 0 Å². The van der Waals surface area contributed by atoms with Crippen molar-refractivity contribution in [1.29, 1.82) is 0 Å². The molecule has 28 heavy (non-hydrogen) atoms. The summed E-state index contributed by atoms with van der Waals surface area (Å²) >= 11 is 0. The van der Waals surface area contributed by atoms with Crippen LogP contribution in [0.25, 0.3) is 0 Å². The Bertz CT molecular complexity index is 797. The average Bonchev–Trinajstić information content (AvgIpc) is 2.96. The molecule has 4 unspecified atom stereocenters. The molecule has 5 nitrogen and oxygen atoms in total. The van der Waals surface area contributed by atoms with Gasteiger partial charge in [0.25, 0.3) is 5.91 Å². The smallest absolute Gasteiger partial charge is 0.290 e. The Morgan fingerprint density at radius 3 is 2.57 bits per heavy atom. The predicted molar refractivity (Wildman–Crippen MR) is 106 cm³/mol. The van der Waals surface area contributed by atoms with E-state index >= 15 is 0 Å². The summed E-state index contributed by atoms with van der Waals surface area (Å²) in [5.74, 6) is 1.46. The highest BCUT2D eigenvalue weighted by molar-refractivity contribution is 6.11. The largest absolute Gasteiger partial charge is 0.494 e. The van der Waals surface area contributed by atoms with Crippen molar-refractivity contribution in [2.75, 3.05) is 13.2 Å². The van der Waals surface area contributed by atoms with Crippen molar-refractivity contribution >= 4 is 11.7 Å². The number of carbonyl (C=O) groups excluding carboxylic acids is 2. The molecule has 3 aliphatic rings. The molecule has 0 saturated heterocycles. The van der Waals surface area contributed by atoms with Gasteiger partial charge in [0, 0.05) is 6.54 Å². The fraction of sp³-hybridized carbons (Fsp3) is 0.565. The first-order chi connectivity index (χ1) is 13.5. The number of ether oxygens (including phenoxy) is 2. The standard InChI is InChI=1S/C23H29NO4/c1-4-12-24-20(15-7-9-16(10-8-15)27-5-2)19-21(25)17-13-14(3)6-11-18(17)28-22(19)23(24)26/h7-10,14,17-18,20H,4-6,11-13H2,1-3H3. The Hall–Kier alpha value is -2.30. The number of amides is 1. The van der Waals surface area contributed by atoms with Gasteiger partial charge in [-0.15, -0.1) is 0 Å². The number of ketones is 1. The first-order valence-corrected chi connectivity index (χ1v) is 10.5. The summed E-state index contributed by atoms with van der Waals surface area (Å²) in [5.41, 5.74) is 1.51. The lowest BCUT2D eigenvalue weighted by Crippen LogP contribution is -2.41. The monoisotopic (exact) mass is 383 g/mol. The third-order valence-corrected chi connectivity index (χ3v) is 6.18. The summed E-state index contributed by atoms with van der Waals surface area (Å²) in [6.45, 7) is 7.39. The summed E-state index contributed by atoms with van der Waals surface area (Å²) in [7, 11) is 0. The van der Waals surface area contributed by atoms with E-state index in [1.165, 1.54) is 0 Å². The number of nitrogens with zero attached hydrogens (tertiary/aromatic N) is 1. The molecule has 150 valence electrons. The maximum atomic E-state index is 13.5. The van der Waals surface area contributed by atoms with Gasteiger partial charge in [-0.2, -0.15) is 0 Å². The minimum Gasteiger partial charge on any atom is -0.494 e. The quantitative estimate of drug-likeness (QED) is 0.770. The number of carbonyl (C=O) groups is 2. The minimum absolute atomic E-state index is 0.114. The molecule has 0 radical (unpaired) electrons. The van der Waals surface area contributed by atoms with Crippen molar-refractivity contribution in [2.24, 2.45) is 11.8 Å². The molecule has 4 rings (SSSR count). The molecule has 1 fully saturated rings. The van der Waals surface area contributed by atoms with E-state index in [2.05, 4.69) is 6.92 Å². The normalized spacial score (nSPS) is 29.5. The van der Waals surface area contributed by atoms with E-state index < -0.39 is 0 Å². The third kappa shape index (κ3) is 3.11. The summed E-state index contributed by atoms with van der Waals surface area (Å²) in [6.07, 6.45) is 3.43. The van der Waals surface area contributed by atoms with Crippen LogP contribution >= 0.6 is 0 Å². The van der Waals surface area contributed by atoms with E-state index in [9.17, 15) is 9.59 Å². The SMILES string of the molecule is CCCN1C(=O)C2=C(C(=O)C3CC(C)CCC3O2)C1c1ccc(OCC)cc1. The number of benzene rings is 1. The molecule has 0 aromatic heterocycles. The number of fused-ring (bicyclic) bond motifs is 1. The van der Waals surface area contributed by atoms with Crippen molar-refractivity contribution in [2.45, 2.75) is 58.6 Å². The third-order valence-electron chi connectivity index (χ3n) is 6.18. The van der Waals surface area contributed by atoms with E-state index in [1.807, 2.05) is 38.1 Å². The number of Topliss-reactive ketones (excluding diaryl/α,β-unsaturated/α-hetero) is 1. The lowest BCUT2D eigenvalue weighted by molar-refractivity contribution is -0.136. The number of hydrogen-bond donors (Lipinski definition) is 0. The van der Waals surface area contributed by atoms with Crippen LogP contribution in [0.3, 0.4) is 0 Å². The average molecular weight is 383 g/mol. The molecular formula is C23H29NO4. The predicted octanol–water partition coefficient (Wildman–Crippen LogP) is 4.04. The number of rotatable bonds is 5. The molecule has 2 aliphatic heterocycles. The second kappa shape index (κ2) is 7.61. The van der Waals surface area contributed by atoms with E-state index in [1.54, 1.807) is 4.90 Å². The molecule has 0 bridgehead atoms. The molecule has 2 heterocycles. The molecule has 1 aliphatic carbocycles. The second-order valence-corrected chi connectivity index (χ2v) is 8.19. The number of hydrogen-bond acceptors (Lipinski definition) is 4. The lowest BCUT2D eigenvalue weighted by atomic mass is 9.74. The molecule has 1 aromatic carbocycles. The molecule has 1 amide bonds. The Kier molecular flexibility index (Phi) is 5.17. The second-order valence-electron chi connectivity index (χ2n) is 8.19. The van der Waals surface area contributed by atoms with Crippen LogP contribution in [-0.4, -0.2) is 35.8 Å². The highest BCUT2D eigenvalue weighted by atomic mass is 16.5. The van der Waals surface area contributed by atoms with Gasteiger partial charge in [0.05, 0.1) is 24.1 Å². The first kappa shape index (κ1) is 19.0. The van der Waals surface area contributed by atoms with Gasteiger partial charge in [-0.3, -0.25) is 9.59 Å². The van der Waals surface area contributed by atoms with Crippen LogP contribution in [0.5, 0.6) is 5.75 Å². The van der Waals surface area contributed by atoms with Gasteiger partial charge in [-0.05, 0) is 56.2 Å². The maximum absolute atomic E-state index is 13.5. The van der Waals surface area contributed by atoms with Crippen LogP contribution in [-0.2, 0) is 14.3 Å². The first-order valence-electron chi connectivity index (χ1n) is 10.5. The summed E-state index contributed by atoms with van der Waals surface area (Å²) in [5, 5.41) is 0. The van der Waals surface area contributed by atoms with E-state index in [4.69, 9.17) is 9.47 Å². The van der Waals surface area contributed by atoms with Gasteiger partial charge in [0.2, 0.25) is 0 Å². The fourth-order valence-corrected chi connectivity index (χ4v) is 4.86. The molecule has 1 aromatic rings. The van der Waals surface area contributed by atoms with Gasteiger partial charge >= 0.3 is 0 Å². The Morgan fingerprint density at radius 2 is 1.89 bits per heavy atom. The Morgan fingerprint density at radius 1 is 1.14 bits per heavy atom. The summed E-state index contributed by atoms with van der Waals surface area (Å²) in [6, 6.07) is 7.38. The van der Waals surface area contributed by atoms with E-state index in [0.29, 0.717) is 30.4 Å². The topological polar surface area (TPSA) is 55.8 Å². The lowest BCUT2D eigenvalue weighted by Gasteiger charge is -2.37. The van der Waals surface area contributed by atoms with Gasteiger partial charge in [0.15, 0.2) is 11.5 Å². The van der Waals surface area contributed by atoms with Crippen LogP contribution < -0.4 is 4.74 Å². The van der Waals surface area contributed by atoms with E-state index in [-0.39, 0.29) is 29.8 Å². The summed E-state index contributed by atoms with van der Waals surface area (Å²) in [4.78, 5) is 28.4. The highest BCUT2D eigenvalue weighted by Crippen LogP contribution is 2.47. The molecular weight excluding hydrogens is 354 g/mol. The molecule has 4 atom stereocenters. The zero-order valence-electron chi connectivity index (χ0n) is 16.9. The zero-order valence-corrected chi connectivity index (χ0v) is 16.9. The van der Waals surface area contributed by atoms with Crippen molar-refractivity contribution in [3.8, 4) is 5.75 Å². The van der Waals surface area contributed by atoms with Gasteiger partial charge in [-0.25, -0.2) is 0 Å². The molecule has 1 saturated carbocycles. The summed E-state index contributed by atoms with van der Waals surface area (Å²) < 4.78 is 11.7. The Balaban J connectivity index is 1.73. The van der Waals surface area contributed by atoms with Crippen molar-refractivity contribution in [3.05, 3.63) is 41.2 Å². The molecule has 5 heteroatoms. The van der Waals surface area contributed by atoms with Crippen molar-refractivity contribution < 1.29 is 19.1 Å². The van der Waals surface area contributed by atoms with Crippen LogP contribution in [0.4, 0.5) is 0 Å². The Labute approximate surface area is 166 Å². The van der Waals surface area contributed by atoms with Crippen LogP contribution in [0.15, 0.2) is 35.6 Å². The van der Waals surface area contributed by atoms with Crippen LogP contribution in [0, 0.1) is 11.8 Å². The van der Waals surface area contributed by atoms with Crippen LogP contribution in [0.1, 0.15) is 58.1 Å². The van der Waals surface area contributed by atoms with Gasteiger partial charge in [0.1, 0.15) is 11.9 Å². The van der Waals surface area contributed by atoms with Gasteiger partial charge < -0.3 is 14.4 Å². The molecule has 0 N–H and O–H groups in total. The zero-order chi connectivity index (χ0) is 19.8. The minimum atomic E-state index is -0.358. The molecule has 0 spiro atoms. The maximum Gasteiger partial charge on any atom is 0.290 e. The van der Waals surface area contributed by atoms with Gasteiger partial charge in [-0.1, -0.05) is 26.0 Å². The highest BCUT2D eigenvalue weighted by Gasteiger charge is 2.52. The van der Waals surface area contributed by atoms with Crippen molar-refractivity contribution in [1.82, 2.24) is 4.90 Å². The fourth-order valence-electron chi connectivity index (χ4n) is 4.86. The van der Waals surface area contributed by atoms with Crippen molar-refractivity contribution in [3.63, 3.8) is 0 Å². The van der Waals surface area contributed by atoms with E-state index in [0.717, 1.165) is 37.0 Å².